The zero-order valence-corrected chi connectivity index (χ0v) is 12.7. The average molecular weight is 325 g/mol. The molecule has 7 nitrogen and oxygen atoms in total. The number of benzene rings is 1. The largest absolute Gasteiger partial charge is 0.346 e. The molecule has 0 saturated heterocycles. The topological polar surface area (TPSA) is 85.3 Å². The summed E-state index contributed by atoms with van der Waals surface area (Å²) >= 11 is 0. The Kier molecular flexibility index (Phi) is 3.23. The van der Waals surface area contributed by atoms with Crippen LogP contribution < -0.4 is 5.32 Å². The molecule has 4 rings (SSSR count). The van der Waals surface area contributed by atoms with Crippen molar-refractivity contribution in [3.63, 3.8) is 0 Å². The SMILES string of the molecule is Cc1cccc2nc(C(=O)NCc3ccc4nonc4c3)c(F)n12. The van der Waals surface area contributed by atoms with E-state index in [1.807, 2.05) is 0 Å². The quantitative estimate of drug-likeness (QED) is 0.624. The lowest BCUT2D eigenvalue weighted by molar-refractivity contribution is 0.0942. The molecule has 0 atom stereocenters. The Hall–Kier alpha value is -3.29. The van der Waals surface area contributed by atoms with Crippen molar-refractivity contribution in [2.24, 2.45) is 0 Å². The van der Waals surface area contributed by atoms with Crippen molar-refractivity contribution >= 4 is 22.6 Å². The number of aryl methyl sites for hydroxylation is 1. The number of hydrogen-bond acceptors (Lipinski definition) is 5. The summed E-state index contributed by atoms with van der Waals surface area (Å²) in [5, 5.41) is 10.1. The van der Waals surface area contributed by atoms with Gasteiger partial charge >= 0.3 is 0 Å². The minimum absolute atomic E-state index is 0.216. The monoisotopic (exact) mass is 325 g/mol. The Balaban J connectivity index is 1.58. The number of amides is 1. The number of hydrogen-bond donors (Lipinski definition) is 1. The molecule has 1 aromatic carbocycles. The Morgan fingerprint density at radius 1 is 1.25 bits per heavy atom. The molecular formula is C16H12FN5O2. The van der Waals surface area contributed by atoms with E-state index in [0.29, 0.717) is 22.4 Å². The van der Waals surface area contributed by atoms with Crippen LogP contribution in [-0.2, 0) is 6.54 Å². The van der Waals surface area contributed by atoms with Crippen molar-refractivity contribution in [2.75, 3.05) is 0 Å². The van der Waals surface area contributed by atoms with E-state index in [0.717, 1.165) is 5.56 Å². The number of halogens is 1. The second-order valence-electron chi connectivity index (χ2n) is 5.38. The number of carbonyl (C=O) groups excluding carboxylic acids is 1. The van der Waals surface area contributed by atoms with Crippen molar-refractivity contribution in [1.29, 1.82) is 0 Å². The third-order valence-electron chi connectivity index (χ3n) is 3.77. The van der Waals surface area contributed by atoms with Crippen LogP contribution in [0, 0.1) is 12.9 Å². The molecule has 1 N–H and O–H groups in total. The molecule has 0 radical (unpaired) electrons. The fraction of sp³-hybridized carbons (Fsp3) is 0.125. The second kappa shape index (κ2) is 5.41. The molecule has 3 aromatic heterocycles. The molecule has 120 valence electrons. The highest BCUT2D eigenvalue weighted by atomic mass is 19.1. The summed E-state index contributed by atoms with van der Waals surface area (Å²) in [7, 11) is 0. The number of nitrogens with zero attached hydrogens (tertiary/aromatic N) is 4. The van der Waals surface area contributed by atoms with Crippen molar-refractivity contribution in [1.82, 2.24) is 25.0 Å². The molecule has 24 heavy (non-hydrogen) atoms. The predicted octanol–water partition coefficient (Wildman–Crippen LogP) is 2.25. The third kappa shape index (κ3) is 2.28. The van der Waals surface area contributed by atoms with Gasteiger partial charge in [0.1, 0.15) is 16.7 Å². The van der Waals surface area contributed by atoms with Gasteiger partial charge in [-0.2, -0.15) is 4.39 Å². The average Bonchev–Trinajstić information content (AvgIpc) is 3.17. The van der Waals surface area contributed by atoms with Crippen LogP contribution in [0.3, 0.4) is 0 Å². The molecule has 0 saturated carbocycles. The van der Waals surface area contributed by atoms with Gasteiger partial charge in [0.2, 0.25) is 5.95 Å². The van der Waals surface area contributed by atoms with Gasteiger partial charge in [0.25, 0.3) is 5.91 Å². The van der Waals surface area contributed by atoms with Gasteiger partial charge in [-0.1, -0.05) is 12.1 Å². The highest BCUT2D eigenvalue weighted by Gasteiger charge is 2.19. The van der Waals surface area contributed by atoms with Crippen LogP contribution in [0.1, 0.15) is 21.7 Å². The number of nitrogens with one attached hydrogen (secondary N) is 1. The molecule has 0 aliphatic heterocycles. The number of pyridine rings is 1. The normalized spacial score (nSPS) is 11.2. The first-order chi connectivity index (χ1) is 11.6. The van der Waals surface area contributed by atoms with E-state index in [4.69, 9.17) is 0 Å². The number of carbonyl (C=O) groups is 1. The van der Waals surface area contributed by atoms with E-state index in [2.05, 4.69) is 25.2 Å². The molecule has 0 unspecified atom stereocenters. The molecular weight excluding hydrogens is 313 g/mol. The van der Waals surface area contributed by atoms with Crippen LogP contribution in [-0.4, -0.2) is 25.6 Å². The summed E-state index contributed by atoms with van der Waals surface area (Å²) in [6, 6.07) is 10.4. The zero-order chi connectivity index (χ0) is 16.7. The summed E-state index contributed by atoms with van der Waals surface area (Å²) in [6.45, 7) is 1.97. The van der Waals surface area contributed by atoms with Crippen LogP contribution >= 0.6 is 0 Å². The van der Waals surface area contributed by atoms with Gasteiger partial charge in [0.15, 0.2) is 5.69 Å². The van der Waals surface area contributed by atoms with Crippen LogP contribution in [0.15, 0.2) is 41.0 Å². The van der Waals surface area contributed by atoms with Crippen molar-refractivity contribution < 1.29 is 13.8 Å². The van der Waals surface area contributed by atoms with Crippen molar-refractivity contribution in [3.8, 4) is 0 Å². The van der Waals surface area contributed by atoms with Gasteiger partial charge in [-0.3, -0.25) is 9.20 Å². The van der Waals surface area contributed by atoms with E-state index < -0.39 is 11.9 Å². The predicted molar refractivity (Wildman–Crippen MR) is 82.9 cm³/mol. The van der Waals surface area contributed by atoms with Crippen LogP contribution in [0.5, 0.6) is 0 Å². The lowest BCUT2D eigenvalue weighted by atomic mass is 10.2. The lowest BCUT2D eigenvalue weighted by Gasteiger charge is -2.03. The van der Waals surface area contributed by atoms with E-state index in [9.17, 15) is 9.18 Å². The first-order valence-corrected chi connectivity index (χ1v) is 7.26. The Labute approximate surface area is 135 Å². The maximum atomic E-state index is 14.4. The summed E-state index contributed by atoms with van der Waals surface area (Å²) < 4.78 is 20.4. The zero-order valence-electron chi connectivity index (χ0n) is 12.7. The summed E-state index contributed by atoms with van der Waals surface area (Å²) in [5.41, 5.74) is 2.86. The highest BCUT2D eigenvalue weighted by Crippen LogP contribution is 2.15. The smallest absolute Gasteiger partial charge is 0.274 e. The molecule has 8 heteroatoms. The minimum Gasteiger partial charge on any atom is -0.346 e. The number of rotatable bonds is 3. The van der Waals surface area contributed by atoms with Crippen LogP contribution in [0.4, 0.5) is 4.39 Å². The molecule has 1 amide bonds. The Morgan fingerprint density at radius 2 is 2.08 bits per heavy atom. The molecule has 3 heterocycles. The Bertz CT molecular complexity index is 1070. The fourth-order valence-electron chi connectivity index (χ4n) is 2.56. The van der Waals surface area contributed by atoms with Crippen LogP contribution in [0.25, 0.3) is 16.7 Å². The third-order valence-corrected chi connectivity index (χ3v) is 3.77. The number of fused-ring (bicyclic) bond motifs is 2. The van der Waals surface area contributed by atoms with Crippen LogP contribution in [0.2, 0.25) is 0 Å². The van der Waals surface area contributed by atoms with E-state index in [1.54, 1.807) is 43.3 Å². The maximum absolute atomic E-state index is 14.4. The minimum atomic E-state index is -0.670. The summed E-state index contributed by atoms with van der Waals surface area (Å²) in [4.78, 5) is 16.3. The van der Waals surface area contributed by atoms with E-state index in [-0.39, 0.29) is 12.2 Å². The van der Waals surface area contributed by atoms with Crippen molar-refractivity contribution in [3.05, 3.63) is 59.3 Å². The maximum Gasteiger partial charge on any atom is 0.274 e. The Morgan fingerprint density at radius 3 is 2.92 bits per heavy atom. The first kappa shape index (κ1) is 14.3. The van der Waals surface area contributed by atoms with E-state index in [1.165, 1.54) is 4.40 Å². The molecule has 4 aromatic rings. The standard InChI is InChI=1S/C16H12FN5O2/c1-9-3-2-4-13-19-14(15(17)22(9)13)16(23)18-8-10-5-6-11-12(7-10)21-24-20-11/h2-7H,8H2,1H3,(H,18,23). The van der Waals surface area contributed by atoms with Gasteiger partial charge < -0.3 is 5.32 Å². The van der Waals surface area contributed by atoms with Gasteiger partial charge in [-0.15, -0.1) is 0 Å². The number of aromatic nitrogens is 4. The molecule has 0 aliphatic carbocycles. The summed E-state index contributed by atoms with van der Waals surface area (Å²) in [6.07, 6.45) is 0. The van der Waals surface area contributed by atoms with Gasteiger partial charge in [0, 0.05) is 12.2 Å². The van der Waals surface area contributed by atoms with Gasteiger partial charge in [-0.05, 0) is 47.1 Å². The lowest BCUT2D eigenvalue weighted by Crippen LogP contribution is -2.24. The second-order valence-corrected chi connectivity index (χ2v) is 5.38. The van der Waals surface area contributed by atoms with Gasteiger partial charge in [-0.25, -0.2) is 9.61 Å². The molecule has 0 bridgehead atoms. The number of imidazole rings is 1. The molecule has 0 aliphatic rings. The first-order valence-electron chi connectivity index (χ1n) is 7.26. The van der Waals surface area contributed by atoms with E-state index >= 15 is 0 Å². The van der Waals surface area contributed by atoms with Crippen molar-refractivity contribution in [2.45, 2.75) is 13.5 Å². The fourth-order valence-corrected chi connectivity index (χ4v) is 2.56. The summed E-state index contributed by atoms with van der Waals surface area (Å²) in [5.74, 6) is -1.24. The van der Waals surface area contributed by atoms with Gasteiger partial charge in [0.05, 0.1) is 0 Å². The molecule has 0 spiro atoms. The molecule has 0 fully saturated rings. The highest BCUT2D eigenvalue weighted by molar-refractivity contribution is 5.93.